The molecule has 11 heavy (non-hydrogen) atoms. The molecule has 0 saturated carbocycles. The minimum absolute atomic E-state index is 0.191. The van der Waals surface area contributed by atoms with E-state index < -0.39 is 9.84 Å². The Hall–Kier alpha value is -0.130. The molecule has 3 N–H and O–H groups in total. The van der Waals surface area contributed by atoms with Crippen LogP contribution in [-0.4, -0.2) is 26.5 Å². The number of hydrogen-bond acceptors (Lipinski definition) is 4. The predicted molar refractivity (Wildman–Crippen MR) is 45.7 cm³/mol. The highest BCUT2D eigenvalue weighted by Gasteiger charge is 2.03. The monoisotopic (exact) mass is 180 g/mol. The first-order chi connectivity index (χ1) is 4.95. The summed E-state index contributed by atoms with van der Waals surface area (Å²) in [5.74, 6) is 5.37. The number of hydrazine groups is 1. The first kappa shape index (κ1) is 10.9. The minimum Gasteiger partial charge on any atom is -0.271 e. The summed E-state index contributed by atoms with van der Waals surface area (Å²) in [7, 11) is -2.80. The Morgan fingerprint density at radius 3 is 2.45 bits per heavy atom. The van der Waals surface area contributed by atoms with Gasteiger partial charge in [0.25, 0.3) is 0 Å². The quantitative estimate of drug-likeness (QED) is 0.448. The van der Waals surface area contributed by atoms with Crippen LogP contribution >= 0.6 is 0 Å². The first-order valence-electron chi connectivity index (χ1n) is 3.59. The van der Waals surface area contributed by atoms with E-state index in [1.54, 1.807) is 0 Å². The van der Waals surface area contributed by atoms with Gasteiger partial charge in [-0.2, -0.15) is 0 Å². The Morgan fingerprint density at radius 1 is 1.55 bits per heavy atom. The molecule has 0 saturated heterocycles. The second kappa shape index (κ2) is 4.69. The maximum atomic E-state index is 10.6. The van der Waals surface area contributed by atoms with E-state index in [2.05, 4.69) is 5.43 Å². The van der Waals surface area contributed by atoms with E-state index in [0.29, 0.717) is 6.42 Å². The normalized spacial score (nSPS) is 14.8. The van der Waals surface area contributed by atoms with Crippen molar-refractivity contribution in [3.05, 3.63) is 0 Å². The van der Waals surface area contributed by atoms with E-state index in [-0.39, 0.29) is 11.8 Å². The van der Waals surface area contributed by atoms with Crippen LogP contribution in [0.1, 0.15) is 19.8 Å². The van der Waals surface area contributed by atoms with Gasteiger partial charge in [0.1, 0.15) is 9.84 Å². The highest BCUT2D eigenvalue weighted by Crippen LogP contribution is 1.97. The third kappa shape index (κ3) is 7.77. The van der Waals surface area contributed by atoms with Crippen LogP contribution in [-0.2, 0) is 9.84 Å². The Kier molecular flexibility index (Phi) is 4.63. The lowest BCUT2D eigenvalue weighted by Gasteiger charge is -2.07. The molecule has 0 aromatic carbocycles. The van der Waals surface area contributed by atoms with Crippen molar-refractivity contribution in [2.24, 2.45) is 5.84 Å². The second-order valence-electron chi connectivity index (χ2n) is 2.84. The van der Waals surface area contributed by atoms with Crippen molar-refractivity contribution < 1.29 is 8.42 Å². The van der Waals surface area contributed by atoms with Gasteiger partial charge >= 0.3 is 0 Å². The standard InChI is InChI=1S/C6H16N2O2S/c1-6(8-7)4-3-5-11(2,9)10/h6,8H,3-5,7H2,1-2H3. The Balaban J connectivity index is 3.43. The lowest BCUT2D eigenvalue weighted by atomic mass is 10.2. The molecule has 0 fully saturated rings. The van der Waals surface area contributed by atoms with Crippen LogP contribution in [0.5, 0.6) is 0 Å². The van der Waals surface area contributed by atoms with Crippen LogP contribution in [0.25, 0.3) is 0 Å². The van der Waals surface area contributed by atoms with Gasteiger partial charge in [-0.05, 0) is 19.8 Å². The van der Waals surface area contributed by atoms with Gasteiger partial charge in [0.2, 0.25) is 0 Å². The average Bonchev–Trinajstić information content (AvgIpc) is 1.85. The second-order valence-corrected chi connectivity index (χ2v) is 5.10. The number of hydrogen-bond donors (Lipinski definition) is 2. The third-order valence-corrected chi connectivity index (χ3v) is 2.47. The maximum Gasteiger partial charge on any atom is 0.147 e. The molecule has 0 radical (unpaired) electrons. The fourth-order valence-corrected chi connectivity index (χ4v) is 1.43. The molecule has 0 spiro atoms. The van der Waals surface area contributed by atoms with E-state index in [9.17, 15) is 8.42 Å². The molecule has 0 heterocycles. The third-order valence-electron chi connectivity index (χ3n) is 1.44. The molecule has 0 aromatic heterocycles. The van der Waals surface area contributed by atoms with Crippen molar-refractivity contribution in [1.29, 1.82) is 0 Å². The largest absolute Gasteiger partial charge is 0.271 e. The highest BCUT2D eigenvalue weighted by molar-refractivity contribution is 7.90. The topological polar surface area (TPSA) is 72.2 Å². The van der Waals surface area contributed by atoms with Gasteiger partial charge in [0, 0.05) is 18.1 Å². The number of sulfone groups is 1. The Bertz CT molecular complexity index is 189. The van der Waals surface area contributed by atoms with Crippen molar-refractivity contribution in [3.8, 4) is 0 Å². The van der Waals surface area contributed by atoms with Gasteiger partial charge in [0.05, 0.1) is 0 Å². The summed E-state index contributed by atoms with van der Waals surface area (Å²) in [5.41, 5.74) is 2.56. The van der Waals surface area contributed by atoms with E-state index in [1.165, 1.54) is 6.26 Å². The Labute approximate surface area is 68.0 Å². The number of rotatable bonds is 5. The lowest BCUT2D eigenvalue weighted by Crippen LogP contribution is -2.32. The molecule has 68 valence electrons. The fourth-order valence-electron chi connectivity index (χ4n) is 0.735. The number of nitrogens with two attached hydrogens (primary N) is 1. The maximum absolute atomic E-state index is 10.6. The first-order valence-corrected chi connectivity index (χ1v) is 5.65. The summed E-state index contributed by atoms with van der Waals surface area (Å²) in [5, 5.41) is 0. The molecule has 0 rings (SSSR count). The summed E-state index contributed by atoms with van der Waals surface area (Å²) in [4.78, 5) is 0. The van der Waals surface area contributed by atoms with Crippen LogP contribution in [0.3, 0.4) is 0 Å². The molecule has 0 aliphatic rings. The molecule has 0 aromatic rings. The summed E-state index contributed by atoms with van der Waals surface area (Å²) in [6.45, 7) is 1.92. The molecule has 1 atom stereocenters. The molecular weight excluding hydrogens is 164 g/mol. The van der Waals surface area contributed by atoms with Crippen LogP contribution in [0.4, 0.5) is 0 Å². The lowest BCUT2D eigenvalue weighted by molar-refractivity contribution is 0.522. The van der Waals surface area contributed by atoms with Gasteiger partial charge in [-0.1, -0.05) is 0 Å². The van der Waals surface area contributed by atoms with Gasteiger partial charge in [0.15, 0.2) is 0 Å². The molecule has 0 amide bonds. The van der Waals surface area contributed by atoms with E-state index in [4.69, 9.17) is 5.84 Å². The summed E-state index contributed by atoms with van der Waals surface area (Å²) in [6.07, 6.45) is 2.71. The van der Waals surface area contributed by atoms with Crippen molar-refractivity contribution in [1.82, 2.24) is 5.43 Å². The molecule has 4 nitrogen and oxygen atoms in total. The SMILES string of the molecule is CC(CCCS(C)(=O)=O)NN. The molecule has 0 aliphatic heterocycles. The van der Waals surface area contributed by atoms with E-state index in [1.807, 2.05) is 6.92 Å². The fraction of sp³-hybridized carbons (Fsp3) is 1.00. The van der Waals surface area contributed by atoms with Gasteiger partial charge in [-0.25, -0.2) is 8.42 Å². The molecular formula is C6H16N2O2S. The van der Waals surface area contributed by atoms with E-state index in [0.717, 1.165) is 6.42 Å². The van der Waals surface area contributed by atoms with Crippen LogP contribution < -0.4 is 11.3 Å². The molecule has 5 heteroatoms. The van der Waals surface area contributed by atoms with Gasteiger partial charge in [-0.3, -0.25) is 11.3 Å². The van der Waals surface area contributed by atoms with Gasteiger partial charge < -0.3 is 0 Å². The molecule has 1 unspecified atom stereocenters. The van der Waals surface area contributed by atoms with Crippen molar-refractivity contribution in [3.63, 3.8) is 0 Å². The average molecular weight is 180 g/mol. The smallest absolute Gasteiger partial charge is 0.147 e. The van der Waals surface area contributed by atoms with Crippen LogP contribution in [0.15, 0.2) is 0 Å². The minimum atomic E-state index is -2.80. The summed E-state index contributed by atoms with van der Waals surface area (Å²) < 4.78 is 21.3. The molecule has 0 aliphatic carbocycles. The zero-order valence-electron chi connectivity index (χ0n) is 7.00. The van der Waals surface area contributed by atoms with E-state index >= 15 is 0 Å². The summed E-state index contributed by atoms with van der Waals surface area (Å²) >= 11 is 0. The molecule has 0 bridgehead atoms. The Morgan fingerprint density at radius 2 is 2.09 bits per heavy atom. The van der Waals surface area contributed by atoms with Crippen molar-refractivity contribution in [2.75, 3.05) is 12.0 Å². The van der Waals surface area contributed by atoms with Crippen molar-refractivity contribution in [2.45, 2.75) is 25.8 Å². The van der Waals surface area contributed by atoms with Gasteiger partial charge in [-0.15, -0.1) is 0 Å². The number of nitrogens with one attached hydrogen (secondary N) is 1. The highest BCUT2D eigenvalue weighted by atomic mass is 32.2. The summed E-state index contributed by atoms with van der Waals surface area (Å²) in [6, 6.07) is 0.191. The van der Waals surface area contributed by atoms with Crippen LogP contribution in [0, 0.1) is 0 Å². The zero-order valence-corrected chi connectivity index (χ0v) is 7.82. The van der Waals surface area contributed by atoms with Crippen LogP contribution in [0.2, 0.25) is 0 Å². The zero-order chi connectivity index (χ0) is 8.91. The van der Waals surface area contributed by atoms with Crippen molar-refractivity contribution >= 4 is 9.84 Å². The predicted octanol–water partition coefficient (Wildman–Crippen LogP) is -0.337.